The van der Waals surface area contributed by atoms with Gasteiger partial charge in [-0.25, -0.2) is 4.98 Å². The van der Waals surface area contributed by atoms with Crippen LogP contribution in [0.1, 0.15) is 11.3 Å². The zero-order valence-electron chi connectivity index (χ0n) is 9.31. The number of aromatic nitrogens is 2. The summed E-state index contributed by atoms with van der Waals surface area (Å²) in [4.78, 5) is 8.04. The standard InChI is InChI=1S/C12H11N5/c1-8-5-11(17-12(14)15-8)16-10-4-2-3-9(6-10)7-13/h2-6H,1H3,(H3,14,15,16,17). The van der Waals surface area contributed by atoms with Gasteiger partial charge in [-0.15, -0.1) is 0 Å². The molecule has 0 atom stereocenters. The fourth-order valence-electron chi connectivity index (χ4n) is 1.47. The van der Waals surface area contributed by atoms with Crippen molar-refractivity contribution in [2.45, 2.75) is 6.92 Å². The highest BCUT2D eigenvalue weighted by Crippen LogP contribution is 2.16. The summed E-state index contributed by atoms with van der Waals surface area (Å²) < 4.78 is 0. The Labute approximate surface area is 98.9 Å². The summed E-state index contributed by atoms with van der Waals surface area (Å²) in [6, 6.07) is 11.0. The quantitative estimate of drug-likeness (QED) is 0.815. The van der Waals surface area contributed by atoms with Crippen LogP contribution in [0, 0.1) is 18.3 Å². The molecular weight excluding hydrogens is 214 g/mol. The molecule has 1 aromatic heterocycles. The van der Waals surface area contributed by atoms with Crippen LogP contribution < -0.4 is 11.1 Å². The maximum Gasteiger partial charge on any atom is 0.222 e. The van der Waals surface area contributed by atoms with Gasteiger partial charge in [-0.05, 0) is 25.1 Å². The third kappa shape index (κ3) is 2.69. The van der Waals surface area contributed by atoms with Gasteiger partial charge >= 0.3 is 0 Å². The minimum Gasteiger partial charge on any atom is -0.368 e. The molecule has 2 aromatic rings. The molecule has 0 aliphatic carbocycles. The van der Waals surface area contributed by atoms with E-state index in [0.29, 0.717) is 11.4 Å². The summed E-state index contributed by atoms with van der Waals surface area (Å²) in [6.45, 7) is 1.84. The SMILES string of the molecule is Cc1cc(Nc2cccc(C#N)c2)nc(N)n1. The van der Waals surface area contributed by atoms with Crippen LogP contribution in [0.15, 0.2) is 30.3 Å². The summed E-state index contributed by atoms with van der Waals surface area (Å²) >= 11 is 0. The Kier molecular flexibility index (Phi) is 2.88. The fourth-order valence-corrected chi connectivity index (χ4v) is 1.47. The number of benzene rings is 1. The van der Waals surface area contributed by atoms with Crippen LogP contribution in [0.5, 0.6) is 0 Å². The van der Waals surface area contributed by atoms with Gasteiger partial charge in [-0.3, -0.25) is 0 Å². The van der Waals surface area contributed by atoms with E-state index in [1.54, 1.807) is 24.3 Å². The zero-order valence-corrected chi connectivity index (χ0v) is 9.31. The number of nitriles is 1. The van der Waals surface area contributed by atoms with Gasteiger partial charge in [0.15, 0.2) is 0 Å². The molecule has 0 amide bonds. The minimum absolute atomic E-state index is 0.226. The van der Waals surface area contributed by atoms with Crippen LogP contribution in [0.2, 0.25) is 0 Å². The van der Waals surface area contributed by atoms with Gasteiger partial charge in [0.1, 0.15) is 5.82 Å². The Balaban J connectivity index is 2.28. The van der Waals surface area contributed by atoms with Crippen molar-refractivity contribution in [3.63, 3.8) is 0 Å². The van der Waals surface area contributed by atoms with Crippen LogP contribution in [0.25, 0.3) is 0 Å². The molecule has 3 N–H and O–H groups in total. The summed E-state index contributed by atoms with van der Waals surface area (Å²) in [6.07, 6.45) is 0. The lowest BCUT2D eigenvalue weighted by Crippen LogP contribution is -2.01. The van der Waals surface area contributed by atoms with Crippen molar-refractivity contribution in [1.29, 1.82) is 5.26 Å². The highest BCUT2D eigenvalue weighted by molar-refractivity contribution is 5.59. The predicted molar refractivity (Wildman–Crippen MR) is 65.6 cm³/mol. The molecule has 0 aliphatic heterocycles. The van der Waals surface area contributed by atoms with Crippen LogP contribution >= 0.6 is 0 Å². The molecule has 1 heterocycles. The Morgan fingerprint density at radius 3 is 2.82 bits per heavy atom. The molecule has 84 valence electrons. The number of hydrogen-bond acceptors (Lipinski definition) is 5. The number of nitrogens with zero attached hydrogens (tertiary/aromatic N) is 3. The average molecular weight is 225 g/mol. The van der Waals surface area contributed by atoms with Crippen molar-refractivity contribution < 1.29 is 0 Å². The minimum atomic E-state index is 0.226. The van der Waals surface area contributed by atoms with Crippen molar-refractivity contribution in [3.8, 4) is 6.07 Å². The van der Waals surface area contributed by atoms with Crippen molar-refractivity contribution in [2.24, 2.45) is 0 Å². The second kappa shape index (κ2) is 4.49. The predicted octanol–water partition coefficient (Wildman–Crippen LogP) is 1.98. The fraction of sp³-hybridized carbons (Fsp3) is 0.0833. The summed E-state index contributed by atoms with van der Waals surface area (Å²) in [5.74, 6) is 0.842. The van der Waals surface area contributed by atoms with Gasteiger partial charge in [0.2, 0.25) is 5.95 Å². The number of hydrogen-bond donors (Lipinski definition) is 2. The molecule has 0 aliphatic rings. The van der Waals surface area contributed by atoms with Crippen LogP contribution in [0.4, 0.5) is 17.5 Å². The van der Waals surface area contributed by atoms with Gasteiger partial charge < -0.3 is 11.1 Å². The second-order valence-corrected chi connectivity index (χ2v) is 3.57. The number of anilines is 3. The molecule has 2 rings (SSSR count). The first kappa shape index (κ1) is 10.9. The van der Waals surface area contributed by atoms with Gasteiger partial charge in [-0.2, -0.15) is 10.2 Å². The average Bonchev–Trinajstić information content (AvgIpc) is 2.28. The number of nitrogen functional groups attached to an aromatic ring is 1. The number of nitrogens with two attached hydrogens (primary N) is 1. The van der Waals surface area contributed by atoms with Crippen molar-refractivity contribution in [2.75, 3.05) is 11.1 Å². The van der Waals surface area contributed by atoms with Crippen LogP contribution in [-0.2, 0) is 0 Å². The Bertz CT molecular complexity index is 565. The second-order valence-electron chi connectivity index (χ2n) is 3.57. The van der Waals surface area contributed by atoms with Gasteiger partial charge in [0, 0.05) is 17.4 Å². The van der Waals surface area contributed by atoms with Crippen molar-refractivity contribution >= 4 is 17.5 Å². The van der Waals surface area contributed by atoms with Crippen molar-refractivity contribution in [3.05, 3.63) is 41.6 Å². The monoisotopic (exact) mass is 225 g/mol. The molecule has 17 heavy (non-hydrogen) atoms. The first-order valence-electron chi connectivity index (χ1n) is 5.06. The lowest BCUT2D eigenvalue weighted by molar-refractivity contribution is 1.12. The van der Waals surface area contributed by atoms with E-state index in [-0.39, 0.29) is 5.95 Å². The molecule has 0 fully saturated rings. The zero-order chi connectivity index (χ0) is 12.3. The van der Waals surface area contributed by atoms with Crippen LogP contribution in [0.3, 0.4) is 0 Å². The van der Waals surface area contributed by atoms with E-state index in [9.17, 15) is 0 Å². The molecule has 0 bridgehead atoms. The van der Waals surface area contributed by atoms with E-state index in [1.165, 1.54) is 0 Å². The van der Waals surface area contributed by atoms with Gasteiger partial charge in [-0.1, -0.05) is 6.07 Å². The maximum absolute atomic E-state index is 8.79. The molecule has 0 radical (unpaired) electrons. The molecule has 0 saturated carbocycles. The lowest BCUT2D eigenvalue weighted by Gasteiger charge is -2.06. The normalized spacial score (nSPS) is 9.65. The van der Waals surface area contributed by atoms with Crippen molar-refractivity contribution in [1.82, 2.24) is 9.97 Å². The topological polar surface area (TPSA) is 87.6 Å². The molecule has 5 nitrogen and oxygen atoms in total. The first-order chi connectivity index (χ1) is 8.17. The third-order valence-electron chi connectivity index (χ3n) is 2.14. The summed E-state index contributed by atoms with van der Waals surface area (Å²) in [5.41, 5.74) is 7.73. The lowest BCUT2D eigenvalue weighted by atomic mass is 10.2. The van der Waals surface area contributed by atoms with E-state index in [0.717, 1.165) is 11.4 Å². The Hall–Kier alpha value is -2.61. The highest BCUT2D eigenvalue weighted by Gasteiger charge is 2.00. The number of nitrogens with one attached hydrogen (secondary N) is 1. The first-order valence-corrected chi connectivity index (χ1v) is 5.06. The summed E-state index contributed by atoms with van der Waals surface area (Å²) in [7, 11) is 0. The number of aryl methyl sites for hydroxylation is 1. The molecular formula is C12H11N5. The Morgan fingerprint density at radius 2 is 2.12 bits per heavy atom. The van der Waals surface area contributed by atoms with E-state index < -0.39 is 0 Å². The maximum atomic E-state index is 8.79. The van der Waals surface area contributed by atoms with E-state index >= 15 is 0 Å². The van der Waals surface area contributed by atoms with E-state index in [4.69, 9.17) is 11.0 Å². The van der Waals surface area contributed by atoms with Crippen LogP contribution in [-0.4, -0.2) is 9.97 Å². The Morgan fingerprint density at radius 1 is 1.29 bits per heavy atom. The molecule has 0 unspecified atom stereocenters. The highest BCUT2D eigenvalue weighted by atomic mass is 15.1. The number of rotatable bonds is 2. The smallest absolute Gasteiger partial charge is 0.222 e. The van der Waals surface area contributed by atoms with E-state index in [2.05, 4.69) is 21.4 Å². The molecule has 1 aromatic carbocycles. The molecule has 0 saturated heterocycles. The summed E-state index contributed by atoms with van der Waals surface area (Å²) in [5, 5.41) is 11.9. The van der Waals surface area contributed by atoms with Gasteiger partial charge in [0.05, 0.1) is 11.6 Å². The van der Waals surface area contributed by atoms with Gasteiger partial charge in [0.25, 0.3) is 0 Å². The molecule has 0 spiro atoms. The largest absolute Gasteiger partial charge is 0.368 e. The molecule has 5 heteroatoms. The third-order valence-corrected chi connectivity index (χ3v) is 2.14. The van der Waals surface area contributed by atoms with E-state index in [1.807, 2.05) is 13.0 Å².